The summed E-state index contributed by atoms with van der Waals surface area (Å²) in [6.07, 6.45) is 5.49. The molecule has 1 spiro atoms. The smallest absolute Gasteiger partial charge is 0.246 e. The topological polar surface area (TPSA) is 67.9 Å². The maximum atomic E-state index is 13.4. The van der Waals surface area contributed by atoms with Crippen LogP contribution in [-0.2, 0) is 9.59 Å². The van der Waals surface area contributed by atoms with E-state index in [0.29, 0.717) is 24.6 Å². The number of anilines is 1. The van der Waals surface area contributed by atoms with Crippen LogP contribution in [0, 0.1) is 23.0 Å². The number of nitrogens with zero attached hydrogens (tertiary/aromatic N) is 1. The molecule has 0 radical (unpaired) electrons. The lowest BCUT2D eigenvalue weighted by Gasteiger charge is -2.32. The Morgan fingerprint density at radius 2 is 1.76 bits per heavy atom. The number of rotatable bonds is 6. The number of amides is 2. The van der Waals surface area contributed by atoms with Crippen molar-refractivity contribution in [1.29, 1.82) is 0 Å². The fraction of sp³-hybridized carbons (Fsp3) is 0.360. The van der Waals surface area contributed by atoms with Crippen molar-refractivity contribution in [2.75, 3.05) is 32.6 Å². The minimum Gasteiger partial charge on any atom is -0.493 e. The van der Waals surface area contributed by atoms with Crippen LogP contribution in [0.15, 0.2) is 42.5 Å². The van der Waals surface area contributed by atoms with E-state index >= 15 is 0 Å². The fourth-order valence-corrected chi connectivity index (χ4v) is 4.48. The van der Waals surface area contributed by atoms with E-state index in [2.05, 4.69) is 5.32 Å². The summed E-state index contributed by atoms with van der Waals surface area (Å²) in [6.45, 7) is 1.15. The molecule has 1 atom stereocenters. The lowest BCUT2D eigenvalue weighted by Crippen LogP contribution is -2.39. The molecule has 2 fully saturated rings. The number of benzene rings is 2. The molecule has 0 bridgehead atoms. The highest BCUT2D eigenvalue weighted by molar-refractivity contribution is 5.95. The second-order valence-corrected chi connectivity index (χ2v) is 8.51. The second-order valence-electron chi connectivity index (χ2n) is 8.51. The van der Waals surface area contributed by atoms with Gasteiger partial charge >= 0.3 is 0 Å². The van der Waals surface area contributed by atoms with Gasteiger partial charge in [-0.05, 0) is 60.6 Å². The molecular weight excluding hydrogens is 430 g/mol. The number of hydrogen-bond acceptors (Lipinski definition) is 4. The standard InChI is InChI=1S/C25H26F2N2O4/c1-32-21-7-3-16(13-22(21)33-2)4-8-23(30)29-11-9-25(10-12-29)15-18(25)24(31)28-17-5-6-19(26)20(27)14-17/h3-8,13-14,18H,9-12,15H2,1-2H3,(H,28,31)/b8-4+. The van der Waals surface area contributed by atoms with Gasteiger partial charge in [0, 0.05) is 36.8 Å². The van der Waals surface area contributed by atoms with Crippen molar-refractivity contribution in [3.63, 3.8) is 0 Å². The number of nitrogens with one attached hydrogen (secondary N) is 1. The number of methoxy groups -OCH3 is 2. The molecule has 6 nitrogen and oxygen atoms in total. The number of halogens is 2. The summed E-state index contributed by atoms with van der Waals surface area (Å²) in [7, 11) is 3.13. The van der Waals surface area contributed by atoms with Crippen molar-refractivity contribution in [3.05, 3.63) is 59.7 Å². The van der Waals surface area contributed by atoms with Gasteiger partial charge in [0.15, 0.2) is 23.1 Å². The Morgan fingerprint density at radius 1 is 1.03 bits per heavy atom. The number of carbonyl (C=O) groups excluding carboxylic acids is 2. The van der Waals surface area contributed by atoms with Crippen molar-refractivity contribution >= 4 is 23.6 Å². The third-order valence-electron chi connectivity index (χ3n) is 6.59. The summed E-state index contributed by atoms with van der Waals surface area (Å²) in [6, 6.07) is 8.75. The maximum Gasteiger partial charge on any atom is 0.246 e. The fourth-order valence-electron chi connectivity index (χ4n) is 4.48. The second kappa shape index (κ2) is 9.21. The van der Waals surface area contributed by atoms with E-state index in [9.17, 15) is 18.4 Å². The van der Waals surface area contributed by atoms with Gasteiger partial charge in [-0.2, -0.15) is 0 Å². The van der Waals surface area contributed by atoms with Crippen LogP contribution >= 0.6 is 0 Å². The molecule has 2 aliphatic rings. The molecular formula is C25H26F2N2O4. The van der Waals surface area contributed by atoms with Crippen LogP contribution in [0.4, 0.5) is 14.5 Å². The predicted octanol–water partition coefficient (Wildman–Crippen LogP) is 4.26. The maximum absolute atomic E-state index is 13.4. The molecule has 1 unspecified atom stereocenters. The summed E-state index contributed by atoms with van der Waals surface area (Å²) < 4.78 is 37.0. The molecule has 1 saturated carbocycles. The number of carbonyl (C=O) groups is 2. The molecule has 2 aromatic rings. The van der Waals surface area contributed by atoms with Gasteiger partial charge in [0.25, 0.3) is 0 Å². The van der Waals surface area contributed by atoms with Gasteiger partial charge in [-0.1, -0.05) is 6.07 Å². The molecule has 1 heterocycles. The first-order valence-electron chi connectivity index (χ1n) is 10.8. The first kappa shape index (κ1) is 22.8. The zero-order valence-electron chi connectivity index (χ0n) is 18.6. The van der Waals surface area contributed by atoms with Crippen LogP contribution in [0.1, 0.15) is 24.8 Å². The van der Waals surface area contributed by atoms with Crippen molar-refractivity contribution < 1.29 is 27.8 Å². The first-order valence-corrected chi connectivity index (χ1v) is 10.8. The molecule has 4 rings (SSSR count). The minimum absolute atomic E-state index is 0.0805. The highest BCUT2D eigenvalue weighted by Crippen LogP contribution is 2.59. The quantitative estimate of drug-likeness (QED) is 0.660. The van der Waals surface area contributed by atoms with E-state index in [-0.39, 0.29) is 28.8 Å². The molecule has 0 aromatic heterocycles. The van der Waals surface area contributed by atoms with E-state index in [1.165, 1.54) is 6.07 Å². The molecule has 2 aromatic carbocycles. The molecule has 8 heteroatoms. The van der Waals surface area contributed by atoms with E-state index in [4.69, 9.17) is 9.47 Å². The van der Waals surface area contributed by atoms with Crippen molar-refractivity contribution in [2.45, 2.75) is 19.3 Å². The van der Waals surface area contributed by atoms with Crippen molar-refractivity contribution in [1.82, 2.24) is 4.90 Å². The van der Waals surface area contributed by atoms with Crippen LogP contribution < -0.4 is 14.8 Å². The van der Waals surface area contributed by atoms with Crippen molar-refractivity contribution in [2.24, 2.45) is 11.3 Å². The monoisotopic (exact) mass is 456 g/mol. The normalized spacial score (nSPS) is 18.9. The largest absolute Gasteiger partial charge is 0.493 e. The Labute approximate surface area is 191 Å². The number of hydrogen-bond donors (Lipinski definition) is 1. The number of likely N-dealkylation sites (tertiary alicyclic amines) is 1. The van der Waals surface area contributed by atoms with E-state index in [1.54, 1.807) is 43.4 Å². The summed E-state index contributed by atoms with van der Waals surface area (Å²) in [5, 5.41) is 2.68. The zero-order valence-corrected chi connectivity index (χ0v) is 18.6. The Bertz CT molecular complexity index is 1090. The van der Waals surface area contributed by atoms with E-state index in [0.717, 1.165) is 37.0 Å². The number of ether oxygens (including phenoxy) is 2. The molecule has 174 valence electrons. The van der Waals surface area contributed by atoms with E-state index in [1.807, 2.05) is 6.07 Å². The predicted molar refractivity (Wildman–Crippen MR) is 120 cm³/mol. The Morgan fingerprint density at radius 3 is 2.42 bits per heavy atom. The summed E-state index contributed by atoms with van der Waals surface area (Å²) in [4.78, 5) is 27.0. The molecule has 33 heavy (non-hydrogen) atoms. The van der Waals surface area contributed by atoms with Crippen LogP contribution in [0.5, 0.6) is 11.5 Å². The molecule has 2 amide bonds. The Kier molecular flexibility index (Phi) is 6.35. The van der Waals surface area contributed by atoms with Crippen LogP contribution in [0.2, 0.25) is 0 Å². The minimum atomic E-state index is -0.994. The average molecular weight is 456 g/mol. The van der Waals surface area contributed by atoms with Gasteiger partial charge in [0.2, 0.25) is 11.8 Å². The van der Waals surface area contributed by atoms with E-state index < -0.39 is 11.6 Å². The zero-order chi connectivity index (χ0) is 23.6. The average Bonchev–Trinajstić information content (AvgIpc) is 3.53. The van der Waals surface area contributed by atoms with Gasteiger partial charge in [0.1, 0.15) is 0 Å². The SMILES string of the molecule is COc1ccc(/C=C/C(=O)N2CCC3(CC2)CC3C(=O)Nc2ccc(F)c(F)c2)cc1OC. The lowest BCUT2D eigenvalue weighted by molar-refractivity contribution is -0.127. The molecule has 1 N–H and O–H groups in total. The van der Waals surface area contributed by atoms with Gasteiger partial charge in [0.05, 0.1) is 14.2 Å². The van der Waals surface area contributed by atoms with Crippen molar-refractivity contribution in [3.8, 4) is 11.5 Å². The van der Waals surface area contributed by atoms with Gasteiger partial charge in [-0.3, -0.25) is 9.59 Å². The molecule has 1 aliphatic heterocycles. The Hall–Kier alpha value is -3.42. The van der Waals surface area contributed by atoms with Crippen LogP contribution in [-0.4, -0.2) is 44.0 Å². The molecule has 1 aliphatic carbocycles. The summed E-state index contributed by atoms with van der Waals surface area (Å²) in [5.41, 5.74) is 0.950. The highest BCUT2D eigenvalue weighted by atomic mass is 19.2. The first-order chi connectivity index (χ1) is 15.8. The summed E-state index contributed by atoms with van der Waals surface area (Å²) in [5.74, 6) is -1.18. The van der Waals surface area contributed by atoms with Crippen LogP contribution in [0.25, 0.3) is 6.08 Å². The molecule has 1 saturated heterocycles. The van der Waals surface area contributed by atoms with Crippen LogP contribution in [0.3, 0.4) is 0 Å². The highest BCUT2D eigenvalue weighted by Gasteiger charge is 2.58. The Balaban J connectivity index is 1.30. The number of piperidine rings is 1. The third kappa shape index (κ3) is 4.84. The third-order valence-corrected chi connectivity index (χ3v) is 6.59. The van der Waals surface area contributed by atoms with Gasteiger partial charge in [-0.15, -0.1) is 0 Å². The van der Waals surface area contributed by atoms with Gasteiger partial charge in [-0.25, -0.2) is 8.78 Å². The van der Waals surface area contributed by atoms with Gasteiger partial charge < -0.3 is 19.7 Å². The summed E-state index contributed by atoms with van der Waals surface area (Å²) >= 11 is 0. The lowest BCUT2D eigenvalue weighted by atomic mass is 9.90.